The molecule has 144 heavy (non-hydrogen) atoms. The summed E-state index contributed by atoms with van der Waals surface area (Å²) in [6.07, 6.45) is 20.2. The standard InChI is InChI=1S/C25H24N8O2.C24H22N8O2.C24H21N7O2.C23H20N8O2.9CH4/c1-13(2)7-20(34)29-16-8-14(10-27-12-16)15-9-18-22(32-33-23(18)28-11-15)24-30-19-6-4-5-17(21(19)31-24)25(35)26-3;1-12(2)23(33)28-15-7-13(9-26-11-15)14-8-17-20(31-32-21(17)27-10-14)22-29-18-6-4-5-16(19(18)30-22)24(34)25-3;1-3-16(32)10-15-8-7-13(11-26-15)14-9-18-21(30-31-22(18)27-12-14)23-28-19-6-4-5-17(20(19)29-23)24(33)25-2;1-3-18(32)27-14-7-12(9-25-11-14)13-8-16-20(30-31-21(16)26-10-13)22-28-17-6-4-5-15(19(17)29-22)23(33)24-2;;;;;;;;;/h4-6,8-13H,7H2,1-3H3,(H,26,35)(H,29,34)(H,30,31)(H,28,32,33);4-12H,1-3H3,(H,25,34)(H,28,33)(H,29,30)(H,27,31,32);4-9,11-12H,3,10H2,1-2H3,(H,25,33)(H,28,29)(H,27,30,31);4-11H,3H2,1-2H3,(H,24,33)(H,27,32)(H,28,29)(H,26,30,31);9*1H4. The second-order valence-corrected chi connectivity index (χ2v) is 31.9. The molecular weight excluding hydrogens is 1820 g/mol. The fourth-order valence-electron chi connectivity index (χ4n) is 15.0. The number of anilines is 3. The number of ketones is 1. The number of aromatic nitrogens is 24. The van der Waals surface area contributed by atoms with Crippen LogP contribution in [0.1, 0.15) is 175 Å². The molecular formula is C105H123N31O8. The van der Waals surface area contributed by atoms with E-state index in [1.165, 1.54) is 0 Å². The summed E-state index contributed by atoms with van der Waals surface area (Å²) in [4.78, 5) is 163. The van der Waals surface area contributed by atoms with Crippen LogP contribution in [0.4, 0.5) is 17.1 Å². The van der Waals surface area contributed by atoms with Gasteiger partial charge in [-0.05, 0) is 103 Å². The lowest BCUT2D eigenvalue weighted by molar-refractivity contribution is -0.119. The number of imidazole rings is 4. The van der Waals surface area contributed by atoms with Crippen LogP contribution >= 0.6 is 0 Å². The normalized spacial score (nSPS) is 10.5. The lowest BCUT2D eigenvalue weighted by Gasteiger charge is -2.09. The zero-order chi connectivity index (χ0) is 94.2. The van der Waals surface area contributed by atoms with Crippen LogP contribution < -0.4 is 37.2 Å². The number of nitrogens with zero attached hydrogens (tertiary/aromatic N) is 16. The summed E-state index contributed by atoms with van der Waals surface area (Å²) in [5.74, 6) is 1.45. The smallest absolute Gasteiger partial charge is 0.253 e. The van der Waals surface area contributed by atoms with Gasteiger partial charge in [-0.1, -0.05) is 139 Å². The zero-order valence-corrected chi connectivity index (χ0v) is 74.4. The minimum Gasteiger partial charge on any atom is -0.355 e. The van der Waals surface area contributed by atoms with Gasteiger partial charge in [-0.2, -0.15) is 20.4 Å². The van der Waals surface area contributed by atoms with E-state index in [1.54, 1.807) is 146 Å². The Kier molecular flexibility index (Phi) is 37.3. The Morgan fingerprint density at radius 2 is 0.611 bits per heavy atom. The van der Waals surface area contributed by atoms with Gasteiger partial charge in [0.25, 0.3) is 23.6 Å². The zero-order valence-electron chi connectivity index (χ0n) is 74.4. The predicted octanol–water partition coefficient (Wildman–Crippen LogP) is 19.9. The van der Waals surface area contributed by atoms with Gasteiger partial charge in [0.15, 0.2) is 45.9 Å². The van der Waals surface area contributed by atoms with E-state index in [-0.39, 0.29) is 126 Å². The summed E-state index contributed by atoms with van der Waals surface area (Å²) in [5, 5.41) is 51.4. The summed E-state index contributed by atoms with van der Waals surface area (Å²) in [7, 11) is 6.35. The molecule has 39 nitrogen and oxygen atoms in total. The van der Waals surface area contributed by atoms with Crippen LogP contribution in [0.2, 0.25) is 0 Å². The number of aromatic amines is 8. The number of hydrogen-bond acceptors (Lipinski definition) is 24. The van der Waals surface area contributed by atoms with Crippen molar-refractivity contribution in [1.29, 1.82) is 0 Å². The third-order valence-electron chi connectivity index (χ3n) is 21.9. The number of Topliss-reactive ketones (excluding diaryl/α,β-unsaturated/α-hetero) is 1. The lowest BCUT2D eigenvalue weighted by Crippen LogP contribution is -2.18. The Hall–Kier alpha value is -18.2. The van der Waals surface area contributed by atoms with E-state index >= 15 is 0 Å². The molecule has 39 heteroatoms. The molecule has 15 N–H and O–H groups in total. The Bertz CT molecular complexity index is 7990. The summed E-state index contributed by atoms with van der Waals surface area (Å²) < 4.78 is 0. The molecule has 16 aromatic heterocycles. The highest BCUT2D eigenvalue weighted by molar-refractivity contribution is 6.10. The molecule has 0 radical (unpaired) electrons. The summed E-state index contributed by atoms with van der Waals surface area (Å²) >= 11 is 0. The average molecular weight is 1950 g/mol. The van der Waals surface area contributed by atoms with Crippen LogP contribution in [0, 0.1) is 11.8 Å². The number of amides is 7. The second-order valence-electron chi connectivity index (χ2n) is 31.9. The minimum absolute atomic E-state index is 0. The third kappa shape index (κ3) is 23.5. The Balaban J connectivity index is 0.000000230. The number of rotatable bonds is 22. The molecule has 7 amide bonds. The van der Waals surface area contributed by atoms with E-state index in [0.717, 1.165) is 93.8 Å². The second kappa shape index (κ2) is 48.4. The first-order valence-electron chi connectivity index (χ1n) is 43.0. The van der Waals surface area contributed by atoms with Gasteiger partial charge in [0.05, 0.1) is 102 Å². The lowest BCUT2D eigenvalue weighted by atomic mass is 10.1. The highest BCUT2D eigenvalue weighted by Crippen LogP contribution is 2.37. The molecule has 0 spiro atoms. The van der Waals surface area contributed by atoms with Crippen molar-refractivity contribution in [2.75, 3.05) is 44.1 Å². The van der Waals surface area contributed by atoms with E-state index in [4.69, 9.17) is 0 Å². The summed E-state index contributed by atoms with van der Waals surface area (Å²) in [5.41, 5.74) is 21.2. The van der Waals surface area contributed by atoms with Gasteiger partial charge in [-0.25, -0.2) is 39.9 Å². The fourth-order valence-corrected chi connectivity index (χ4v) is 15.0. The first kappa shape index (κ1) is 111. The number of fused-ring (bicyclic) bond motifs is 8. The van der Waals surface area contributed by atoms with Gasteiger partial charge in [0.2, 0.25) is 17.7 Å². The van der Waals surface area contributed by atoms with Crippen molar-refractivity contribution in [3.8, 4) is 90.6 Å². The molecule has 16 heterocycles. The Morgan fingerprint density at radius 1 is 0.319 bits per heavy atom. The molecule has 0 atom stereocenters. The number of nitrogens with one attached hydrogen (secondary N) is 15. The largest absolute Gasteiger partial charge is 0.355 e. The molecule has 0 aliphatic rings. The topological polar surface area (TPSA) is 553 Å². The van der Waals surface area contributed by atoms with Gasteiger partial charge in [0.1, 0.15) is 50.6 Å². The van der Waals surface area contributed by atoms with Crippen LogP contribution in [-0.4, -0.2) is 196 Å². The third-order valence-corrected chi connectivity index (χ3v) is 21.9. The molecule has 0 saturated carbocycles. The maximum Gasteiger partial charge on any atom is 0.253 e. The number of pyridine rings is 8. The molecule has 746 valence electrons. The summed E-state index contributed by atoms with van der Waals surface area (Å²) in [6.45, 7) is 11.3. The fraction of sp³-hybridized carbons (Fsp3) is 0.238. The Labute approximate surface area is 832 Å². The molecule has 0 saturated heterocycles. The van der Waals surface area contributed by atoms with Gasteiger partial charge >= 0.3 is 0 Å². The van der Waals surface area contributed by atoms with E-state index in [9.17, 15) is 38.4 Å². The van der Waals surface area contributed by atoms with Crippen molar-refractivity contribution >= 4 is 152 Å². The maximum atomic E-state index is 12.3. The quantitative estimate of drug-likeness (QED) is 0.0300. The molecule has 0 aliphatic heterocycles. The average Bonchev–Trinajstić information content (AvgIpc) is 1.63. The van der Waals surface area contributed by atoms with Crippen LogP contribution in [0.5, 0.6) is 0 Å². The molecule has 20 aromatic rings. The van der Waals surface area contributed by atoms with Crippen LogP contribution in [0.25, 0.3) is 179 Å². The number of H-pyrrole nitrogens is 8. The highest BCUT2D eigenvalue weighted by Gasteiger charge is 2.25. The first-order valence-corrected chi connectivity index (χ1v) is 43.0. The molecule has 0 fully saturated rings. The van der Waals surface area contributed by atoms with Crippen molar-refractivity contribution in [2.24, 2.45) is 11.8 Å². The molecule has 20 rings (SSSR count). The summed E-state index contributed by atoms with van der Waals surface area (Å²) in [6, 6.07) is 38.8. The first-order chi connectivity index (χ1) is 65.5. The molecule has 0 unspecified atom stereocenters. The van der Waals surface area contributed by atoms with Crippen LogP contribution in [0.15, 0.2) is 196 Å². The molecule has 4 aromatic carbocycles. The number of para-hydroxylation sites is 4. The van der Waals surface area contributed by atoms with Crippen molar-refractivity contribution in [1.82, 2.24) is 142 Å². The predicted molar refractivity (Wildman–Crippen MR) is 572 cm³/mol. The monoisotopic (exact) mass is 1950 g/mol. The molecule has 0 bridgehead atoms. The van der Waals surface area contributed by atoms with Gasteiger partial charge in [0, 0.05) is 160 Å². The number of carbonyl (C=O) groups excluding carboxylic acids is 8. The van der Waals surface area contributed by atoms with Crippen molar-refractivity contribution in [3.63, 3.8) is 0 Å². The molecule has 0 aliphatic carbocycles. The Morgan fingerprint density at radius 3 is 0.889 bits per heavy atom. The minimum atomic E-state index is -0.209. The SMILES string of the molecule is C.C.C.C.C.C.C.C.C.CCC(=O)Cc1ccc(-c2cnc3n[nH]c(-c4nc5c(C(=O)NC)cccc5[nH]4)c3c2)cn1.CCC(=O)Nc1cncc(-c2cnc3n[nH]c(-c4nc5c(C(=O)NC)cccc5[nH]4)c3c2)c1.CNC(=O)c1cccc2[nH]c(-c3[nH]nc4ncc(-c5cncc(NC(=O)C(C)C)c5)cc34)nc12.CNC(=O)c1cccc2[nH]c(-c3[nH]nc4ncc(-c5cncc(NC(=O)CC(C)C)c5)cc34)nc12. The van der Waals surface area contributed by atoms with Crippen LogP contribution in [0.3, 0.4) is 0 Å². The van der Waals surface area contributed by atoms with Crippen LogP contribution in [-0.2, 0) is 25.6 Å². The maximum absolute atomic E-state index is 12.3. The van der Waals surface area contributed by atoms with E-state index in [2.05, 4.69) is 158 Å². The number of hydrogen-bond donors (Lipinski definition) is 15. The highest BCUT2D eigenvalue weighted by atomic mass is 16.2. The van der Waals surface area contributed by atoms with Gasteiger partial charge in [-0.15, -0.1) is 0 Å². The van der Waals surface area contributed by atoms with Gasteiger partial charge in [-0.3, -0.25) is 78.7 Å². The van der Waals surface area contributed by atoms with Crippen molar-refractivity contribution in [2.45, 2.75) is 134 Å². The van der Waals surface area contributed by atoms with Crippen molar-refractivity contribution in [3.05, 3.63) is 224 Å². The number of benzene rings is 4. The van der Waals surface area contributed by atoms with E-state index in [0.29, 0.717) is 156 Å². The van der Waals surface area contributed by atoms with E-state index in [1.807, 2.05) is 120 Å². The van der Waals surface area contributed by atoms with Gasteiger partial charge < -0.3 is 57.2 Å². The number of carbonyl (C=O) groups is 8. The van der Waals surface area contributed by atoms with E-state index < -0.39 is 0 Å². The van der Waals surface area contributed by atoms with Crippen molar-refractivity contribution < 1.29 is 38.4 Å².